The van der Waals surface area contributed by atoms with Crippen molar-refractivity contribution in [1.82, 2.24) is 0 Å². The molecule has 12 heteroatoms. The second kappa shape index (κ2) is 9.38. The standard InChI is InChI=1S/C19H20F3IN2O5S/c1-30-16-7-14(21)17(22)18(24-15-5-2-10(23)6-13(15)20)19(16)25(8-11(27)9-26)31(28,29)12-3-4-12/h2,5-7,11-12,24,26-27H,3-4,8-9H2,1H3. The average molecular weight is 572 g/mol. The maximum Gasteiger partial charge on any atom is 0.238 e. The van der Waals surface area contributed by atoms with Gasteiger partial charge in [0.25, 0.3) is 0 Å². The van der Waals surface area contributed by atoms with Crippen molar-refractivity contribution in [3.05, 3.63) is 45.3 Å². The molecule has 0 saturated heterocycles. The second-order valence-electron chi connectivity index (χ2n) is 6.96. The first-order chi connectivity index (χ1) is 14.6. The van der Waals surface area contributed by atoms with E-state index in [2.05, 4.69) is 5.32 Å². The molecule has 2 aromatic carbocycles. The third kappa shape index (κ3) is 5.02. The molecular formula is C19H20F3IN2O5S. The van der Waals surface area contributed by atoms with Gasteiger partial charge in [0.15, 0.2) is 11.6 Å². The van der Waals surface area contributed by atoms with Gasteiger partial charge in [-0.2, -0.15) is 0 Å². The van der Waals surface area contributed by atoms with E-state index in [4.69, 9.17) is 4.74 Å². The zero-order chi connectivity index (χ0) is 22.9. The van der Waals surface area contributed by atoms with Gasteiger partial charge in [-0.25, -0.2) is 21.6 Å². The van der Waals surface area contributed by atoms with Gasteiger partial charge in [0.05, 0.1) is 37.3 Å². The van der Waals surface area contributed by atoms with Crippen molar-refractivity contribution in [2.75, 3.05) is 29.9 Å². The number of hydrogen-bond donors (Lipinski definition) is 3. The molecular weight excluding hydrogens is 552 g/mol. The van der Waals surface area contributed by atoms with Crippen LogP contribution >= 0.6 is 22.6 Å². The number of sulfonamides is 1. The van der Waals surface area contributed by atoms with E-state index in [1.54, 1.807) is 0 Å². The largest absolute Gasteiger partial charge is 0.494 e. The van der Waals surface area contributed by atoms with E-state index < -0.39 is 63.4 Å². The maximum absolute atomic E-state index is 14.9. The first-order valence-corrected chi connectivity index (χ1v) is 11.8. The molecule has 170 valence electrons. The van der Waals surface area contributed by atoms with Crippen LogP contribution < -0.4 is 14.4 Å². The molecule has 7 nitrogen and oxygen atoms in total. The molecule has 31 heavy (non-hydrogen) atoms. The molecule has 1 saturated carbocycles. The number of halogens is 4. The Balaban J connectivity index is 2.23. The van der Waals surface area contributed by atoms with E-state index in [1.165, 1.54) is 12.1 Å². The van der Waals surface area contributed by atoms with Gasteiger partial charge in [-0.1, -0.05) is 0 Å². The predicted molar refractivity (Wildman–Crippen MR) is 118 cm³/mol. The fourth-order valence-corrected chi connectivity index (χ4v) is 5.31. The van der Waals surface area contributed by atoms with Gasteiger partial charge in [0.2, 0.25) is 10.0 Å². The third-order valence-electron chi connectivity index (χ3n) is 4.66. The first-order valence-electron chi connectivity index (χ1n) is 9.18. The van der Waals surface area contributed by atoms with Crippen molar-refractivity contribution in [2.45, 2.75) is 24.2 Å². The Kier molecular flexibility index (Phi) is 7.23. The Morgan fingerprint density at radius 2 is 1.94 bits per heavy atom. The fraction of sp³-hybridized carbons (Fsp3) is 0.368. The molecule has 1 fully saturated rings. The number of rotatable bonds is 9. The number of benzene rings is 2. The summed E-state index contributed by atoms with van der Waals surface area (Å²) in [6.45, 7) is -1.40. The Morgan fingerprint density at radius 1 is 1.26 bits per heavy atom. The van der Waals surface area contributed by atoms with Gasteiger partial charge in [0, 0.05) is 9.64 Å². The molecule has 1 aliphatic carbocycles. The van der Waals surface area contributed by atoms with E-state index in [-0.39, 0.29) is 11.4 Å². The molecule has 3 N–H and O–H groups in total. The summed E-state index contributed by atoms with van der Waals surface area (Å²) < 4.78 is 76.1. The lowest BCUT2D eigenvalue weighted by molar-refractivity contribution is 0.102. The van der Waals surface area contributed by atoms with Crippen molar-refractivity contribution in [3.8, 4) is 5.75 Å². The van der Waals surface area contributed by atoms with Crippen molar-refractivity contribution in [1.29, 1.82) is 0 Å². The van der Waals surface area contributed by atoms with Crippen LogP contribution in [-0.2, 0) is 10.0 Å². The molecule has 1 atom stereocenters. The van der Waals surface area contributed by atoms with E-state index in [0.29, 0.717) is 26.8 Å². The Bertz CT molecular complexity index is 1080. The van der Waals surface area contributed by atoms with Gasteiger partial charge >= 0.3 is 0 Å². The summed E-state index contributed by atoms with van der Waals surface area (Å²) in [6.07, 6.45) is -0.794. The monoisotopic (exact) mass is 572 g/mol. The summed E-state index contributed by atoms with van der Waals surface area (Å²) in [6, 6.07) is 4.64. The minimum Gasteiger partial charge on any atom is -0.494 e. The predicted octanol–water partition coefficient (Wildman–Crippen LogP) is 3.11. The maximum atomic E-state index is 14.9. The number of ether oxygens (including phenoxy) is 1. The Morgan fingerprint density at radius 3 is 2.48 bits per heavy atom. The number of nitrogens with zero attached hydrogens (tertiary/aromatic N) is 1. The highest BCUT2D eigenvalue weighted by atomic mass is 127. The highest BCUT2D eigenvalue weighted by Gasteiger charge is 2.43. The molecule has 1 aliphatic rings. The number of anilines is 3. The topological polar surface area (TPSA) is 99.1 Å². The van der Waals surface area contributed by atoms with Gasteiger partial charge in [0.1, 0.15) is 22.9 Å². The molecule has 0 amide bonds. The van der Waals surface area contributed by atoms with Gasteiger partial charge in [-0.3, -0.25) is 4.31 Å². The average Bonchev–Trinajstić information content (AvgIpc) is 3.57. The summed E-state index contributed by atoms with van der Waals surface area (Å²) in [7, 11) is -2.99. The summed E-state index contributed by atoms with van der Waals surface area (Å²) >= 11 is 1.87. The van der Waals surface area contributed by atoms with Crippen molar-refractivity contribution in [2.24, 2.45) is 0 Å². The van der Waals surface area contributed by atoms with Crippen molar-refractivity contribution in [3.63, 3.8) is 0 Å². The minimum atomic E-state index is -4.12. The van der Waals surface area contributed by atoms with E-state index in [1.807, 2.05) is 22.6 Å². The summed E-state index contributed by atoms with van der Waals surface area (Å²) in [5.74, 6) is -3.92. The quantitative estimate of drug-likeness (QED) is 0.400. The minimum absolute atomic E-state index is 0.223. The van der Waals surface area contributed by atoms with Crippen LogP contribution in [-0.4, -0.2) is 50.2 Å². The number of aliphatic hydroxyl groups is 2. The van der Waals surface area contributed by atoms with Gasteiger partial charge < -0.3 is 20.3 Å². The second-order valence-corrected chi connectivity index (χ2v) is 10.3. The van der Waals surface area contributed by atoms with Crippen LogP contribution in [0.3, 0.4) is 0 Å². The van der Waals surface area contributed by atoms with Crippen LogP contribution in [0.15, 0.2) is 24.3 Å². The molecule has 3 rings (SSSR count). The molecule has 0 heterocycles. The summed E-state index contributed by atoms with van der Waals surface area (Å²) in [5, 5.41) is 20.8. The molecule has 0 radical (unpaired) electrons. The van der Waals surface area contributed by atoms with Crippen LogP contribution in [0.5, 0.6) is 5.75 Å². The SMILES string of the molecule is COc1cc(F)c(F)c(Nc2ccc(I)cc2F)c1N(CC(O)CO)S(=O)(=O)C1CC1. The highest BCUT2D eigenvalue weighted by Crippen LogP contribution is 2.45. The highest BCUT2D eigenvalue weighted by molar-refractivity contribution is 14.1. The molecule has 0 spiro atoms. The molecule has 0 aliphatic heterocycles. The first kappa shape index (κ1) is 23.9. The lowest BCUT2D eigenvalue weighted by Crippen LogP contribution is -2.41. The van der Waals surface area contributed by atoms with Crippen LogP contribution in [0.25, 0.3) is 0 Å². The van der Waals surface area contributed by atoms with E-state index in [9.17, 15) is 31.8 Å². The van der Waals surface area contributed by atoms with Crippen LogP contribution in [0, 0.1) is 21.0 Å². The summed E-state index contributed by atoms with van der Waals surface area (Å²) in [4.78, 5) is 0. The van der Waals surface area contributed by atoms with Crippen LogP contribution in [0.2, 0.25) is 0 Å². The van der Waals surface area contributed by atoms with Crippen molar-refractivity contribution < 1.29 is 36.5 Å². The lowest BCUT2D eigenvalue weighted by atomic mass is 10.2. The number of hydrogen-bond acceptors (Lipinski definition) is 6. The molecule has 2 aromatic rings. The van der Waals surface area contributed by atoms with Crippen LogP contribution in [0.4, 0.5) is 30.2 Å². The Hall–Kier alpha value is -1.77. The number of aliphatic hydroxyl groups excluding tert-OH is 2. The zero-order valence-electron chi connectivity index (χ0n) is 16.3. The van der Waals surface area contributed by atoms with Gasteiger partial charge in [-0.05, 0) is 53.6 Å². The lowest BCUT2D eigenvalue weighted by Gasteiger charge is -2.30. The van der Waals surface area contributed by atoms with E-state index >= 15 is 0 Å². The number of nitrogens with one attached hydrogen (secondary N) is 1. The normalized spacial score (nSPS) is 14.9. The zero-order valence-corrected chi connectivity index (χ0v) is 19.3. The smallest absolute Gasteiger partial charge is 0.238 e. The van der Waals surface area contributed by atoms with Crippen molar-refractivity contribution >= 4 is 49.7 Å². The molecule has 0 bridgehead atoms. The molecule has 1 unspecified atom stereocenters. The van der Waals surface area contributed by atoms with Crippen LogP contribution in [0.1, 0.15) is 12.8 Å². The Labute approximate surface area is 191 Å². The molecule has 0 aromatic heterocycles. The third-order valence-corrected chi connectivity index (χ3v) is 7.59. The van der Waals surface area contributed by atoms with E-state index in [0.717, 1.165) is 13.2 Å². The fourth-order valence-electron chi connectivity index (χ4n) is 2.95. The van der Waals surface area contributed by atoms with Gasteiger partial charge in [-0.15, -0.1) is 0 Å². The summed E-state index contributed by atoms with van der Waals surface area (Å²) in [5.41, 5.74) is -1.33. The number of methoxy groups -OCH3 is 1.